The van der Waals surface area contributed by atoms with Crippen molar-refractivity contribution in [1.29, 1.82) is 0 Å². The molecule has 0 aliphatic rings. The molecule has 0 radical (unpaired) electrons. The topological polar surface area (TPSA) is 18.5 Å². The van der Waals surface area contributed by atoms with Gasteiger partial charge in [-0.1, -0.05) is 25.3 Å². The van der Waals surface area contributed by atoms with Gasteiger partial charge in [0.05, 0.1) is 13.2 Å². The number of allylic oxidation sites excluding steroid dienone is 1. The van der Waals surface area contributed by atoms with E-state index in [4.69, 9.17) is 9.47 Å². The minimum atomic E-state index is -0.988. The maximum absolute atomic E-state index is 13.8. The van der Waals surface area contributed by atoms with Crippen LogP contribution in [-0.4, -0.2) is 13.2 Å². The van der Waals surface area contributed by atoms with Crippen LogP contribution in [0.25, 0.3) is 0 Å². The minimum Gasteiger partial charge on any atom is -0.490 e. The summed E-state index contributed by atoms with van der Waals surface area (Å²) in [5, 5.41) is 0. The highest BCUT2D eigenvalue weighted by molar-refractivity contribution is 5.35. The first-order chi connectivity index (χ1) is 10.1. The Morgan fingerprint density at radius 3 is 2.00 bits per heavy atom. The predicted octanol–water partition coefficient (Wildman–Crippen LogP) is 5.27. The molecule has 0 N–H and O–H groups in total. The largest absolute Gasteiger partial charge is 0.490 e. The molecule has 1 aromatic rings. The quantitative estimate of drug-likeness (QED) is 0.433. The van der Waals surface area contributed by atoms with Gasteiger partial charge in [0.15, 0.2) is 11.5 Å². The minimum absolute atomic E-state index is 0.0575. The zero-order valence-electron chi connectivity index (χ0n) is 12.9. The van der Waals surface area contributed by atoms with Gasteiger partial charge in [-0.05, 0) is 38.3 Å². The SMILES string of the molecule is C=C(C)CCCOc1ccc(OCCCCC)c(F)c1F. The molecule has 0 atom stereocenters. The lowest BCUT2D eigenvalue weighted by Crippen LogP contribution is -2.04. The molecule has 0 aliphatic heterocycles. The van der Waals surface area contributed by atoms with Crippen LogP contribution < -0.4 is 9.47 Å². The Bertz CT molecular complexity index is 458. The molecular weight excluding hydrogens is 274 g/mol. The van der Waals surface area contributed by atoms with Gasteiger partial charge in [0.2, 0.25) is 11.6 Å². The monoisotopic (exact) mass is 298 g/mol. The lowest BCUT2D eigenvalue weighted by atomic mass is 10.2. The number of hydrogen-bond donors (Lipinski definition) is 0. The van der Waals surface area contributed by atoms with Gasteiger partial charge in [0, 0.05) is 0 Å². The highest BCUT2D eigenvalue weighted by Crippen LogP contribution is 2.28. The summed E-state index contributed by atoms with van der Waals surface area (Å²) in [4.78, 5) is 0. The highest BCUT2D eigenvalue weighted by atomic mass is 19.2. The van der Waals surface area contributed by atoms with Crippen LogP contribution >= 0.6 is 0 Å². The van der Waals surface area contributed by atoms with Crippen molar-refractivity contribution in [2.75, 3.05) is 13.2 Å². The summed E-state index contributed by atoms with van der Waals surface area (Å²) in [7, 11) is 0. The first-order valence-corrected chi connectivity index (χ1v) is 7.44. The Balaban J connectivity index is 2.52. The van der Waals surface area contributed by atoms with E-state index in [0.717, 1.165) is 37.7 Å². The maximum Gasteiger partial charge on any atom is 0.204 e. The van der Waals surface area contributed by atoms with Crippen molar-refractivity contribution in [2.45, 2.75) is 46.0 Å². The Kier molecular flexibility index (Phi) is 7.80. The second-order valence-corrected chi connectivity index (χ2v) is 5.15. The first-order valence-electron chi connectivity index (χ1n) is 7.44. The summed E-state index contributed by atoms with van der Waals surface area (Å²) < 4.78 is 38.1. The number of rotatable bonds is 10. The Labute approximate surface area is 125 Å². The predicted molar refractivity (Wildman–Crippen MR) is 80.9 cm³/mol. The molecule has 4 heteroatoms. The van der Waals surface area contributed by atoms with Crippen LogP contribution in [0.3, 0.4) is 0 Å². The molecule has 21 heavy (non-hydrogen) atoms. The molecule has 1 rings (SSSR count). The van der Waals surface area contributed by atoms with Crippen molar-refractivity contribution in [3.8, 4) is 11.5 Å². The number of hydrogen-bond acceptors (Lipinski definition) is 2. The van der Waals surface area contributed by atoms with Crippen LogP contribution in [0.2, 0.25) is 0 Å². The molecule has 0 unspecified atom stereocenters. The van der Waals surface area contributed by atoms with Crippen LogP contribution in [0.4, 0.5) is 8.78 Å². The van der Waals surface area contributed by atoms with Gasteiger partial charge in [-0.3, -0.25) is 0 Å². The third kappa shape index (κ3) is 6.15. The highest BCUT2D eigenvalue weighted by Gasteiger charge is 2.15. The van der Waals surface area contributed by atoms with E-state index < -0.39 is 11.6 Å². The van der Waals surface area contributed by atoms with Crippen molar-refractivity contribution in [3.63, 3.8) is 0 Å². The van der Waals surface area contributed by atoms with E-state index in [0.29, 0.717) is 13.2 Å². The Morgan fingerprint density at radius 1 is 1.00 bits per heavy atom. The lowest BCUT2D eigenvalue weighted by Gasteiger charge is -2.11. The third-order valence-corrected chi connectivity index (χ3v) is 3.02. The maximum atomic E-state index is 13.8. The fourth-order valence-electron chi connectivity index (χ4n) is 1.83. The van der Waals surface area contributed by atoms with E-state index in [1.54, 1.807) is 0 Å². The third-order valence-electron chi connectivity index (χ3n) is 3.02. The first kappa shape index (κ1) is 17.5. The van der Waals surface area contributed by atoms with Crippen molar-refractivity contribution in [2.24, 2.45) is 0 Å². The second-order valence-electron chi connectivity index (χ2n) is 5.15. The molecule has 0 saturated heterocycles. The van der Waals surface area contributed by atoms with E-state index in [9.17, 15) is 8.78 Å². The molecule has 0 heterocycles. The standard InChI is InChI=1S/C17H24F2O2/c1-4-5-6-11-20-14-9-10-15(17(19)16(14)18)21-12-7-8-13(2)3/h9-10H,2,4-8,11-12H2,1,3H3. The van der Waals surface area contributed by atoms with E-state index in [2.05, 4.69) is 13.5 Å². The van der Waals surface area contributed by atoms with Crippen LogP contribution in [0.1, 0.15) is 46.0 Å². The summed E-state index contributed by atoms with van der Waals surface area (Å²) in [6, 6.07) is 2.83. The van der Waals surface area contributed by atoms with Crippen LogP contribution in [-0.2, 0) is 0 Å². The van der Waals surface area contributed by atoms with E-state index >= 15 is 0 Å². The number of halogens is 2. The molecule has 0 saturated carbocycles. The smallest absolute Gasteiger partial charge is 0.204 e. The molecular formula is C17H24F2O2. The zero-order chi connectivity index (χ0) is 15.7. The molecule has 2 nitrogen and oxygen atoms in total. The van der Waals surface area contributed by atoms with Gasteiger partial charge in [-0.2, -0.15) is 8.78 Å². The van der Waals surface area contributed by atoms with Gasteiger partial charge in [0.1, 0.15) is 0 Å². The molecule has 0 fully saturated rings. The molecule has 0 spiro atoms. The number of unbranched alkanes of at least 4 members (excludes halogenated alkanes) is 2. The average molecular weight is 298 g/mol. The summed E-state index contributed by atoms with van der Waals surface area (Å²) in [5.74, 6) is -2.10. The molecule has 0 aliphatic carbocycles. The molecule has 0 aromatic heterocycles. The van der Waals surface area contributed by atoms with Gasteiger partial charge in [-0.25, -0.2) is 0 Å². The summed E-state index contributed by atoms with van der Waals surface area (Å²) in [6.45, 7) is 8.49. The van der Waals surface area contributed by atoms with Crippen molar-refractivity contribution in [1.82, 2.24) is 0 Å². The van der Waals surface area contributed by atoms with E-state index in [-0.39, 0.29) is 11.5 Å². The van der Waals surface area contributed by atoms with Gasteiger partial charge < -0.3 is 9.47 Å². The van der Waals surface area contributed by atoms with Crippen LogP contribution in [0, 0.1) is 11.6 Å². The number of benzene rings is 1. The molecule has 1 aromatic carbocycles. The van der Waals surface area contributed by atoms with Crippen LogP contribution in [0.15, 0.2) is 24.3 Å². The van der Waals surface area contributed by atoms with Crippen molar-refractivity contribution in [3.05, 3.63) is 35.9 Å². The number of ether oxygens (including phenoxy) is 2. The Hall–Kier alpha value is -1.58. The van der Waals surface area contributed by atoms with E-state index in [1.807, 2.05) is 6.92 Å². The second kappa shape index (κ2) is 9.37. The van der Waals surface area contributed by atoms with Gasteiger partial charge >= 0.3 is 0 Å². The fourth-order valence-corrected chi connectivity index (χ4v) is 1.83. The van der Waals surface area contributed by atoms with Gasteiger partial charge in [0.25, 0.3) is 0 Å². The molecule has 0 bridgehead atoms. The summed E-state index contributed by atoms with van der Waals surface area (Å²) in [6.07, 6.45) is 4.43. The summed E-state index contributed by atoms with van der Waals surface area (Å²) in [5.41, 5.74) is 1.04. The molecule has 0 amide bonds. The van der Waals surface area contributed by atoms with Crippen molar-refractivity contribution >= 4 is 0 Å². The molecule has 118 valence electrons. The van der Waals surface area contributed by atoms with Crippen LogP contribution in [0.5, 0.6) is 11.5 Å². The lowest BCUT2D eigenvalue weighted by molar-refractivity contribution is 0.269. The van der Waals surface area contributed by atoms with Gasteiger partial charge in [-0.15, -0.1) is 6.58 Å². The summed E-state index contributed by atoms with van der Waals surface area (Å²) >= 11 is 0. The normalized spacial score (nSPS) is 10.5. The van der Waals surface area contributed by atoms with Crippen molar-refractivity contribution < 1.29 is 18.3 Å². The van der Waals surface area contributed by atoms with E-state index in [1.165, 1.54) is 12.1 Å². The average Bonchev–Trinajstić information content (AvgIpc) is 2.45. The Morgan fingerprint density at radius 2 is 1.52 bits per heavy atom. The zero-order valence-corrected chi connectivity index (χ0v) is 12.9. The fraction of sp³-hybridized carbons (Fsp3) is 0.529.